The third-order valence-electron chi connectivity index (χ3n) is 3.97. The van der Waals surface area contributed by atoms with E-state index in [0.717, 1.165) is 25.9 Å². The van der Waals surface area contributed by atoms with Crippen LogP contribution in [0.25, 0.3) is 0 Å². The molecule has 21 heavy (non-hydrogen) atoms. The first kappa shape index (κ1) is 15.8. The molecule has 0 aliphatic carbocycles. The predicted octanol–water partition coefficient (Wildman–Crippen LogP) is 1.32. The van der Waals surface area contributed by atoms with Crippen molar-refractivity contribution in [3.05, 3.63) is 29.8 Å². The largest absolute Gasteiger partial charge is 0.394 e. The number of carbonyl (C=O) groups is 1. The molecule has 1 aromatic rings. The molecule has 1 atom stereocenters. The van der Waals surface area contributed by atoms with E-state index < -0.39 is 6.10 Å². The average Bonchev–Trinajstić information content (AvgIpc) is 2.53. The Labute approximate surface area is 125 Å². The lowest BCUT2D eigenvalue weighted by atomic mass is 9.98. The maximum absolute atomic E-state index is 12.6. The number of rotatable bonds is 5. The molecule has 1 saturated heterocycles. The van der Waals surface area contributed by atoms with Crippen molar-refractivity contribution in [2.45, 2.75) is 25.9 Å². The number of likely N-dealkylation sites (tertiary alicyclic amines) is 1. The summed E-state index contributed by atoms with van der Waals surface area (Å²) in [6.45, 7) is 3.74. The highest BCUT2D eigenvalue weighted by atomic mass is 16.3. The summed E-state index contributed by atoms with van der Waals surface area (Å²) in [7, 11) is 0. The van der Waals surface area contributed by atoms with Gasteiger partial charge in [0, 0.05) is 25.3 Å². The summed E-state index contributed by atoms with van der Waals surface area (Å²) in [5.74, 6) is 0.714. The molecule has 5 heteroatoms. The SMILES string of the molecule is CC1CCN(C(=O)c2ccccc2NCC(O)CO)CC1. The van der Waals surface area contributed by atoms with Gasteiger partial charge in [0.05, 0.1) is 18.3 Å². The number of amides is 1. The Hall–Kier alpha value is -1.59. The highest BCUT2D eigenvalue weighted by Crippen LogP contribution is 2.22. The lowest BCUT2D eigenvalue weighted by Gasteiger charge is -2.31. The summed E-state index contributed by atoms with van der Waals surface area (Å²) in [6, 6.07) is 7.31. The molecule has 5 nitrogen and oxygen atoms in total. The highest BCUT2D eigenvalue weighted by Gasteiger charge is 2.23. The van der Waals surface area contributed by atoms with E-state index in [0.29, 0.717) is 17.2 Å². The van der Waals surface area contributed by atoms with Crippen LogP contribution in [-0.2, 0) is 0 Å². The Morgan fingerprint density at radius 1 is 1.38 bits per heavy atom. The van der Waals surface area contributed by atoms with Crippen LogP contribution in [0.1, 0.15) is 30.1 Å². The summed E-state index contributed by atoms with van der Waals surface area (Å²) in [5.41, 5.74) is 1.32. The molecule has 116 valence electrons. The molecule has 1 aliphatic rings. The van der Waals surface area contributed by atoms with E-state index in [1.165, 1.54) is 0 Å². The van der Waals surface area contributed by atoms with Gasteiger partial charge in [-0.15, -0.1) is 0 Å². The number of anilines is 1. The maximum Gasteiger partial charge on any atom is 0.255 e. The number of hydrogen-bond acceptors (Lipinski definition) is 4. The molecule has 1 aliphatic heterocycles. The standard InChI is InChI=1S/C16H24N2O3/c1-12-6-8-18(9-7-12)16(21)14-4-2-3-5-15(14)17-10-13(20)11-19/h2-5,12-13,17,19-20H,6-11H2,1H3. The number of aliphatic hydroxyl groups excluding tert-OH is 2. The smallest absolute Gasteiger partial charge is 0.255 e. The fourth-order valence-electron chi connectivity index (χ4n) is 2.50. The lowest BCUT2D eigenvalue weighted by molar-refractivity contribution is 0.0698. The van der Waals surface area contributed by atoms with Crippen molar-refractivity contribution in [3.8, 4) is 0 Å². The molecule has 0 radical (unpaired) electrons. The summed E-state index contributed by atoms with van der Waals surface area (Å²) in [5, 5.41) is 21.3. The first-order valence-corrected chi connectivity index (χ1v) is 7.53. The third-order valence-corrected chi connectivity index (χ3v) is 3.97. The number of carbonyl (C=O) groups excluding carboxylic acids is 1. The van der Waals surface area contributed by atoms with Crippen molar-refractivity contribution in [1.82, 2.24) is 4.90 Å². The topological polar surface area (TPSA) is 72.8 Å². The van der Waals surface area contributed by atoms with Crippen LogP contribution in [0.15, 0.2) is 24.3 Å². The van der Waals surface area contributed by atoms with Crippen molar-refractivity contribution in [2.24, 2.45) is 5.92 Å². The van der Waals surface area contributed by atoms with Crippen LogP contribution in [-0.4, -0.2) is 53.4 Å². The number of nitrogens with zero attached hydrogens (tertiary/aromatic N) is 1. The number of aliphatic hydroxyl groups is 2. The third kappa shape index (κ3) is 4.19. The molecule has 1 fully saturated rings. The first-order valence-electron chi connectivity index (χ1n) is 7.53. The summed E-state index contributed by atoms with van der Waals surface area (Å²) in [6.07, 6.45) is 1.26. The quantitative estimate of drug-likeness (QED) is 0.765. The van der Waals surface area contributed by atoms with Crippen LogP contribution in [0, 0.1) is 5.92 Å². The monoisotopic (exact) mass is 292 g/mol. The van der Waals surface area contributed by atoms with E-state index in [4.69, 9.17) is 5.11 Å². The molecule has 0 aromatic heterocycles. The van der Waals surface area contributed by atoms with Crippen LogP contribution >= 0.6 is 0 Å². The second kappa shape index (κ2) is 7.43. The second-order valence-electron chi connectivity index (χ2n) is 5.74. The second-order valence-corrected chi connectivity index (χ2v) is 5.74. The first-order chi connectivity index (χ1) is 10.1. The zero-order chi connectivity index (χ0) is 15.2. The van der Waals surface area contributed by atoms with Gasteiger partial charge in [0.1, 0.15) is 0 Å². The van der Waals surface area contributed by atoms with E-state index in [1.807, 2.05) is 23.1 Å². The fourth-order valence-corrected chi connectivity index (χ4v) is 2.50. The van der Waals surface area contributed by atoms with Gasteiger partial charge in [-0.3, -0.25) is 4.79 Å². The minimum absolute atomic E-state index is 0.0310. The van der Waals surface area contributed by atoms with Crippen LogP contribution in [0.5, 0.6) is 0 Å². The van der Waals surface area contributed by atoms with Gasteiger partial charge in [-0.1, -0.05) is 19.1 Å². The summed E-state index contributed by atoms with van der Waals surface area (Å²) in [4.78, 5) is 14.5. The Bertz CT molecular complexity index is 470. The Morgan fingerprint density at radius 3 is 2.71 bits per heavy atom. The Kier molecular flexibility index (Phi) is 5.59. The Morgan fingerprint density at radius 2 is 2.05 bits per heavy atom. The zero-order valence-electron chi connectivity index (χ0n) is 12.5. The van der Waals surface area contributed by atoms with Crippen LogP contribution < -0.4 is 5.32 Å². The van der Waals surface area contributed by atoms with E-state index in [-0.39, 0.29) is 19.1 Å². The Balaban J connectivity index is 2.06. The lowest BCUT2D eigenvalue weighted by Crippen LogP contribution is -2.38. The molecule has 0 saturated carbocycles. The molecular formula is C16H24N2O3. The van der Waals surface area contributed by atoms with Gasteiger partial charge in [-0.05, 0) is 30.9 Å². The van der Waals surface area contributed by atoms with Crippen molar-refractivity contribution in [2.75, 3.05) is 31.6 Å². The molecule has 3 N–H and O–H groups in total. The van der Waals surface area contributed by atoms with Gasteiger partial charge >= 0.3 is 0 Å². The van der Waals surface area contributed by atoms with Gasteiger partial charge < -0.3 is 20.4 Å². The van der Waals surface area contributed by atoms with Crippen molar-refractivity contribution >= 4 is 11.6 Å². The van der Waals surface area contributed by atoms with Crippen molar-refractivity contribution < 1.29 is 15.0 Å². The minimum atomic E-state index is -0.830. The summed E-state index contributed by atoms with van der Waals surface area (Å²) < 4.78 is 0. The molecule has 1 aromatic carbocycles. The van der Waals surface area contributed by atoms with E-state index in [2.05, 4.69) is 12.2 Å². The van der Waals surface area contributed by atoms with Gasteiger partial charge in [-0.2, -0.15) is 0 Å². The molecule has 1 heterocycles. The van der Waals surface area contributed by atoms with Crippen molar-refractivity contribution in [1.29, 1.82) is 0 Å². The zero-order valence-corrected chi connectivity index (χ0v) is 12.5. The molecular weight excluding hydrogens is 268 g/mol. The predicted molar refractivity (Wildman–Crippen MR) is 82.3 cm³/mol. The number of benzene rings is 1. The number of para-hydroxylation sites is 1. The fraction of sp³-hybridized carbons (Fsp3) is 0.562. The molecule has 0 bridgehead atoms. The van der Waals surface area contributed by atoms with Gasteiger partial charge in [-0.25, -0.2) is 0 Å². The van der Waals surface area contributed by atoms with E-state index in [1.54, 1.807) is 6.07 Å². The van der Waals surface area contributed by atoms with Gasteiger partial charge in [0.2, 0.25) is 0 Å². The highest BCUT2D eigenvalue weighted by molar-refractivity contribution is 5.99. The van der Waals surface area contributed by atoms with Gasteiger partial charge in [0.15, 0.2) is 0 Å². The van der Waals surface area contributed by atoms with Crippen LogP contribution in [0.3, 0.4) is 0 Å². The van der Waals surface area contributed by atoms with Crippen molar-refractivity contribution in [3.63, 3.8) is 0 Å². The number of nitrogens with one attached hydrogen (secondary N) is 1. The van der Waals surface area contributed by atoms with E-state index in [9.17, 15) is 9.90 Å². The molecule has 1 amide bonds. The van der Waals surface area contributed by atoms with Crippen LogP contribution in [0.2, 0.25) is 0 Å². The number of piperidine rings is 1. The van der Waals surface area contributed by atoms with Crippen LogP contribution in [0.4, 0.5) is 5.69 Å². The summed E-state index contributed by atoms with van der Waals surface area (Å²) >= 11 is 0. The molecule has 2 rings (SSSR count). The number of hydrogen-bond donors (Lipinski definition) is 3. The minimum Gasteiger partial charge on any atom is -0.394 e. The van der Waals surface area contributed by atoms with Gasteiger partial charge in [0.25, 0.3) is 5.91 Å². The maximum atomic E-state index is 12.6. The molecule has 0 spiro atoms. The average molecular weight is 292 g/mol. The van der Waals surface area contributed by atoms with E-state index >= 15 is 0 Å². The normalized spacial score (nSPS) is 17.6. The molecule has 1 unspecified atom stereocenters.